The SMILES string of the molecule is COc1ccc(/C(=C/c2ccc(OCCN(C)C)c(OC)c2)C(=O)O)cc1. The second kappa shape index (κ2) is 9.64. The number of hydrogen-bond donors (Lipinski definition) is 1. The Labute approximate surface area is 159 Å². The fraction of sp³-hybridized carbons (Fsp3) is 0.286. The molecule has 0 spiro atoms. The molecule has 0 aromatic heterocycles. The zero-order valence-electron chi connectivity index (χ0n) is 16.1. The molecular weight excluding hydrogens is 346 g/mol. The average molecular weight is 371 g/mol. The van der Waals surface area contributed by atoms with Gasteiger partial charge in [-0.3, -0.25) is 0 Å². The van der Waals surface area contributed by atoms with Gasteiger partial charge in [0.25, 0.3) is 0 Å². The highest BCUT2D eigenvalue weighted by atomic mass is 16.5. The first-order valence-corrected chi connectivity index (χ1v) is 8.49. The molecule has 2 aromatic carbocycles. The number of carbonyl (C=O) groups is 1. The van der Waals surface area contributed by atoms with Crippen LogP contribution in [0.4, 0.5) is 0 Å². The summed E-state index contributed by atoms with van der Waals surface area (Å²) in [5.74, 6) is 0.842. The maximum Gasteiger partial charge on any atom is 0.336 e. The molecule has 0 atom stereocenters. The first kappa shape index (κ1) is 20.3. The molecule has 0 aliphatic rings. The summed E-state index contributed by atoms with van der Waals surface area (Å²) in [7, 11) is 7.07. The maximum absolute atomic E-state index is 11.7. The Morgan fingerprint density at radius 2 is 1.74 bits per heavy atom. The summed E-state index contributed by atoms with van der Waals surface area (Å²) in [6, 6.07) is 12.2. The number of carboxylic acid groups (broad SMARTS) is 1. The van der Waals surface area contributed by atoms with E-state index < -0.39 is 5.97 Å². The van der Waals surface area contributed by atoms with Crippen LogP contribution in [0.2, 0.25) is 0 Å². The van der Waals surface area contributed by atoms with Gasteiger partial charge in [0.1, 0.15) is 12.4 Å². The lowest BCUT2D eigenvalue weighted by Crippen LogP contribution is -2.19. The van der Waals surface area contributed by atoms with Crippen LogP contribution in [0.5, 0.6) is 17.2 Å². The van der Waals surface area contributed by atoms with Crippen molar-refractivity contribution in [3.05, 3.63) is 53.6 Å². The molecule has 2 rings (SSSR count). The van der Waals surface area contributed by atoms with E-state index in [9.17, 15) is 9.90 Å². The molecule has 0 fully saturated rings. The molecule has 0 amide bonds. The molecule has 0 saturated carbocycles. The summed E-state index contributed by atoms with van der Waals surface area (Å²) < 4.78 is 16.2. The van der Waals surface area contributed by atoms with Gasteiger partial charge in [0, 0.05) is 6.54 Å². The molecule has 0 aliphatic heterocycles. The standard InChI is InChI=1S/C21H25NO5/c1-22(2)11-12-27-19-10-5-15(14-20(19)26-4)13-18(21(23)24)16-6-8-17(25-3)9-7-16/h5-10,13-14H,11-12H2,1-4H3,(H,23,24)/b18-13-. The number of rotatable bonds is 9. The van der Waals surface area contributed by atoms with E-state index in [1.54, 1.807) is 62.8 Å². The summed E-state index contributed by atoms with van der Waals surface area (Å²) in [6.07, 6.45) is 1.61. The number of likely N-dealkylation sites (N-methyl/N-ethyl adjacent to an activating group) is 1. The van der Waals surface area contributed by atoms with Crippen molar-refractivity contribution in [2.24, 2.45) is 0 Å². The van der Waals surface area contributed by atoms with Crippen molar-refractivity contribution in [2.45, 2.75) is 0 Å². The topological polar surface area (TPSA) is 68.2 Å². The molecule has 0 bridgehead atoms. The average Bonchev–Trinajstić information content (AvgIpc) is 2.66. The van der Waals surface area contributed by atoms with Crippen LogP contribution < -0.4 is 14.2 Å². The third-order valence-corrected chi connectivity index (χ3v) is 3.93. The van der Waals surface area contributed by atoms with Gasteiger partial charge in [-0.15, -0.1) is 0 Å². The first-order chi connectivity index (χ1) is 12.9. The highest BCUT2D eigenvalue weighted by molar-refractivity contribution is 6.20. The van der Waals surface area contributed by atoms with Crippen LogP contribution in [-0.2, 0) is 4.79 Å². The van der Waals surface area contributed by atoms with Crippen LogP contribution in [-0.4, -0.2) is 57.4 Å². The molecule has 1 N–H and O–H groups in total. The van der Waals surface area contributed by atoms with E-state index in [-0.39, 0.29) is 5.57 Å². The van der Waals surface area contributed by atoms with Crippen LogP contribution in [0.25, 0.3) is 11.6 Å². The molecule has 6 nitrogen and oxygen atoms in total. The minimum Gasteiger partial charge on any atom is -0.497 e. The number of nitrogens with zero attached hydrogens (tertiary/aromatic N) is 1. The van der Waals surface area contributed by atoms with Crippen LogP contribution in [0.15, 0.2) is 42.5 Å². The molecule has 0 radical (unpaired) electrons. The summed E-state index contributed by atoms with van der Waals surface area (Å²) >= 11 is 0. The molecule has 6 heteroatoms. The third-order valence-electron chi connectivity index (χ3n) is 3.93. The van der Waals surface area contributed by atoms with Crippen molar-refractivity contribution in [2.75, 3.05) is 41.5 Å². The molecule has 0 unspecified atom stereocenters. The van der Waals surface area contributed by atoms with Crippen molar-refractivity contribution in [3.63, 3.8) is 0 Å². The van der Waals surface area contributed by atoms with Gasteiger partial charge in [-0.1, -0.05) is 18.2 Å². The molecular formula is C21H25NO5. The van der Waals surface area contributed by atoms with Gasteiger partial charge in [0.2, 0.25) is 0 Å². The lowest BCUT2D eigenvalue weighted by atomic mass is 10.0. The van der Waals surface area contributed by atoms with Crippen molar-refractivity contribution < 1.29 is 24.1 Å². The molecule has 27 heavy (non-hydrogen) atoms. The highest BCUT2D eigenvalue weighted by Gasteiger charge is 2.12. The van der Waals surface area contributed by atoms with E-state index >= 15 is 0 Å². The molecule has 2 aromatic rings. The van der Waals surface area contributed by atoms with E-state index in [2.05, 4.69) is 0 Å². The summed E-state index contributed by atoms with van der Waals surface area (Å²) in [5.41, 5.74) is 1.48. The largest absolute Gasteiger partial charge is 0.497 e. The second-order valence-corrected chi connectivity index (χ2v) is 6.15. The Bertz CT molecular complexity index is 797. The number of carboxylic acids is 1. The number of methoxy groups -OCH3 is 2. The van der Waals surface area contributed by atoms with Gasteiger partial charge in [-0.05, 0) is 55.6 Å². The zero-order valence-corrected chi connectivity index (χ0v) is 16.1. The number of ether oxygens (including phenoxy) is 3. The van der Waals surface area contributed by atoms with E-state index in [4.69, 9.17) is 14.2 Å². The number of benzene rings is 2. The van der Waals surface area contributed by atoms with Gasteiger partial charge in [-0.2, -0.15) is 0 Å². The Balaban J connectivity index is 2.29. The van der Waals surface area contributed by atoms with Crippen LogP contribution in [0, 0.1) is 0 Å². The summed E-state index contributed by atoms with van der Waals surface area (Å²) in [4.78, 5) is 13.8. The third kappa shape index (κ3) is 5.76. The van der Waals surface area contributed by atoms with E-state index in [1.165, 1.54) is 0 Å². The number of hydrogen-bond acceptors (Lipinski definition) is 5. The molecule has 0 saturated heterocycles. The van der Waals surface area contributed by atoms with Crippen LogP contribution in [0.3, 0.4) is 0 Å². The van der Waals surface area contributed by atoms with Gasteiger partial charge < -0.3 is 24.2 Å². The van der Waals surface area contributed by atoms with E-state index in [0.29, 0.717) is 35.0 Å². The smallest absolute Gasteiger partial charge is 0.336 e. The van der Waals surface area contributed by atoms with E-state index in [1.807, 2.05) is 19.0 Å². The van der Waals surface area contributed by atoms with Gasteiger partial charge in [-0.25, -0.2) is 4.79 Å². The fourth-order valence-electron chi connectivity index (χ4n) is 2.44. The zero-order chi connectivity index (χ0) is 19.8. The molecule has 0 aliphatic carbocycles. The Morgan fingerprint density at radius 3 is 2.30 bits per heavy atom. The monoisotopic (exact) mass is 371 g/mol. The Hall–Kier alpha value is -2.99. The van der Waals surface area contributed by atoms with Gasteiger partial charge >= 0.3 is 5.97 Å². The van der Waals surface area contributed by atoms with Gasteiger partial charge in [0.15, 0.2) is 11.5 Å². The van der Waals surface area contributed by atoms with Crippen molar-refractivity contribution in [1.82, 2.24) is 4.90 Å². The quantitative estimate of drug-likeness (QED) is 0.539. The summed E-state index contributed by atoms with van der Waals surface area (Å²) in [5, 5.41) is 9.60. The maximum atomic E-state index is 11.7. The van der Waals surface area contributed by atoms with Crippen molar-refractivity contribution in [1.29, 1.82) is 0 Å². The number of aliphatic carboxylic acids is 1. The lowest BCUT2D eigenvalue weighted by Gasteiger charge is -2.14. The highest BCUT2D eigenvalue weighted by Crippen LogP contribution is 2.30. The van der Waals surface area contributed by atoms with Gasteiger partial charge in [0.05, 0.1) is 19.8 Å². The van der Waals surface area contributed by atoms with E-state index in [0.717, 1.165) is 6.54 Å². The van der Waals surface area contributed by atoms with Crippen LogP contribution in [0.1, 0.15) is 11.1 Å². The summed E-state index contributed by atoms with van der Waals surface area (Å²) in [6.45, 7) is 1.32. The van der Waals surface area contributed by atoms with Crippen LogP contribution >= 0.6 is 0 Å². The predicted molar refractivity (Wildman–Crippen MR) is 106 cm³/mol. The van der Waals surface area contributed by atoms with Crippen molar-refractivity contribution in [3.8, 4) is 17.2 Å². The van der Waals surface area contributed by atoms with Crippen molar-refractivity contribution >= 4 is 17.6 Å². The Kier molecular flexibility index (Phi) is 7.25. The molecule has 144 valence electrons. The predicted octanol–water partition coefficient (Wildman–Crippen LogP) is 3.27. The molecule has 0 heterocycles. The minimum absolute atomic E-state index is 0.181. The minimum atomic E-state index is -1.01. The first-order valence-electron chi connectivity index (χ1n) is 8.49. The normalized spacial score (nSPS) is 11.4. The Morgan fingerprint density at radius 1 is 1.04 bits per heavy atom. The fourth-order valence-corrected chi connectivity index (χ4v) is 2.44. The lowest BCUT2D eigenvalue weighted by molar-refractivity contribution is -0.130. The second-order valence-electron chi connectivity index (χ2n) is 6.15.